The van der Waals surface area contributed by atoms with Gasteiger partial charge in [0.05, 0.1) is 6.42 Å². The normalized spacial score (nSPS) is 11.3. The minimum Gasteiger partial charge on any atom is -0.768 e. The van der Waals surface area contributed by atoms with Crippen molar-refractivity contribution in [2.45, 2.75) is 11.3 Å². The van der Waals surface area contributed by atoms with Gasteiger partial charge in [-0.25, -0.2) is 0 Å². The van der Waals surface area contributed by atoms with Crippen molar-refractivity contribution in [1.82, 2.24) is 5.32 Å². The van der Waals surface area contributed by atoms with E-state index in [0.717, 1.165) is 0 Å². The first-order chi connectivity index (χ1) is 6.63. The molecule has 0 spiro atoms. The van der Waals surface area contributed by atoms with Crippen molar-refractivity contribution in [3.63, 3.8) is 0 Å². The Morgan fingerprint density at radius 3 is 2.73 bits per heavy atom. The molecule has 0 aromatic heterocycles. The summed E-state index contributed by atoms with van der Waals surface area (Å²) in [5.74, 6) is -0.140. The predicted molar refractivity (Wildman–Crippen MR) is 51.4 cm³/mol. The average Bonchev–Trinajstić information content (AvgIpc) is 2.18. The molecule has 4 nitrogen and oxygen atoms in total. The SMILES string of the molecule is CNC(=O)Cc1cccc(S(=O)[O-])c1.[W]. The number of rotatable bonds is 3. The quantitative estimate of drug-likeness (QED) is 0.744. The largest absolute Gasteiger partial charge is 0.768 e. The van der Waals surface area contributed by atoms with E-state index in [1.54, 1.807) is 12.1 Å². The Bertz CT molecular complexity index is 370. The Hall–Kier alpha value is -0.512. The van der Waals surface area contributed by atoms with Crippen LogP contribution in [0.25, 0.3) is 0 Å². The molecule has 0 aliphatic heterocycles. The third-order valence-corrected chi connectivity index (χ3v) is 2.37. The molecule has 1 amide bonds. The fraction of sp³-hybridized carbons (Fsp3) is 0.222. The topological polar surface area (TPSA) is 69.2 Å². The number of amides is 1. The smallest absolute Gasteiger partial charge is 0.224 e. The van der Waals surface area contributed by atoms with Crippen LogP contribution in [0.1, 0.15) is 5.56 Å². The van der Waals surface area contributed by atoms with Gasteiger partial charge in [0.25, 0.3) is 0 Å². The van der Waals surface area contributed by atoms with Crippen LogP contribution < -0.4 is 5.32 Å². The van der Waals surface area contributed by atoms with Crippen molar-refractivity contribution in [2.75, 3.05) is 7.05 Å². The van der Waals surface area contributed by atoms with Crippen LogP contribution in [0.3, 0.4) is 0 Å². The van der Waals surface area contributed by atoms with Crippen LogP contribution in [0.15, 0.2) is 29.2 Å². The van der Waals surface area contributed by atoms with Gasteiger partial charge in [-0.05, 0) is 28.8 Å². The molecule has 1 atom stereocenters. The van der Waals surface area contributed by atoms with Gasteiger partial charge in [0, 0.05) is 33.0 Å². The average molecular weight is 396 g/mol. The molecule has 0 saturated carbocycles. The maximum Gasteiger partial charge on any atom is 0.224 e. The minimum absolute atomic E-state index is 0. The summed E-state index contributed by atoms with van der Waals surface area (Å²) in [5, 5.41) is 2.47. The van der Waals surface area contributed by atoms with E-state index < -0.39 is 11.1 Å². The standard InChI is InChI=1S/C9H11NO3S.W/c1-10-9(11)6-7-3-2-4-8(5-7)14(12)13;/h2-5H,6H2,1H3,(H,10,11)(H,12,13);/p-1. The molecule has 82 valence electrons. The molecule has 0 saturated heterocycles. The van der Waals surface area contributed by atoms with Gasteiger partial charge in [-0.2, -0.15) is 0 Å². The Balaban J connectivity index is 0.00000196. The number of carbonyl (C=O) groups excluding carboxylic acids is 1. The molecule has 0 aliphatic rings. The van der Waals surface area contributed by atoms with Gasteiger partial charge in [0.2, 0.25) is 5.91 Å². The van der Waals surface area contributed by atoms with E-state index >= 15 is 0 Å². The maximum absolute atomic E-state index is 11.0. The molecule has 6 heteroatoms. The van der Waals surface area contributed by atoms with Crippen LogP contribution in [0, 0.1) is 0 Å². The predicted octanol–water partition coefficient (Wildman–Crippen LogP) is 0.211. The van der Waals surface area contributed by atoms with Gasteiger partial charge in [-0.15, -0.1) is 0 Å². The first-order valence-corrected chi connectivity index (χ1v) is 5.09. The summed E-state index contributed by atoms with van der Waals surface area (Å²) in [6.45, 7) is 0. The Morgan fingerprint density at radius 1 is 1.53 bits per heavy atom. The first kappa shape index (κ1) is 14.5. The van der Waals surface area contributed by atoms with Crippen LogP contribution in [0.5, 0.6) is 0 Å². The van der Waals surface area contributed by atoms with Crippen molar-refractivity contribution >= 4 is 17.0 Å². The van der Waals surface area contributed by atoms with Gasteiger partial charge in [0.1, 0.15) is 0 Å². The molecule has 1 rings (SSSR count). The zero-order valence-electron chi connectivity index (χ0n) is 8.06. The zero-order chi connectivity index (χ0) is 10.6. The number of nitrogens with one attached hydrogen (secondary N) is 1. The zero-order valence-corrected chi connectivity index (χ0v) is 11.8. The van der Waals surface area contributed by atoms with Crippen LogP contribution in [0.2, 0.25) is 0 Å². The molecule has 0 fully saturated rings. The van der Waals surface area contributed by atoms with E-state index in [0.29, 0.717) is 5.56 Å². The van der Waals surface area contributed by atoms with Gasteiger partial charge < -0.3 is 9.87 Å². The van der Waals surface area contributed by atoms with E-state index in [-0.39, 0.29) is 38.3 Å². The fourth-order valence-corrected chi connectivity index (χ4v) is 1.47. The Morgan fingerprint density at radius 2 is 2.20 bits per heavy atom. The van der Waals surface area contributed by atoms with Crippen LogP contribution in [0.4, 0.5) is 0 Å². The third kappa shape index (κ3) is 4.69. The number of hydrogen-bond acceptors (Lipinski definition) is 3. The molecule has 1 aromatic rings. The van der Waals surface area contributed by atoms with Crippen molar-refractivity contribution in [2.24, 2.45) is 0 Å². The Labute approximate surface area is 105 Å². The number of benzene rings is 1. The van der Waals surface area contributed by atoms with E-state index in [9.17, 15) is 13.6 Å². The summed E-state index contributed by atoms with van der Waals surface area (Å²) < 4.78 is 21.2. The Kier molecular flexibility index (Phi) is 6.64. The fourth-order valence-electron chi connectivity index (χ4n) is 1.03. The third-order valence-electron chi connectivity index (χ3n) is 1.73. The second-order valence-corrected chi connectivity index (χ2v) is 3.67. The van der Waals surface area contributed by atoms with Crippen LogP contribution in [-0.4, -0.2) is 21.7 Å². The number of hydrogen-bond donors (Lipinski definition) is 1. The summed E-state index contributed by atoms with van der Waals surface area (Å²) in [6.07, 6.45) is 0.196. The second-order valence-electron chi connectivity index (χ2n) is 2.73. The molecule has 1 aromatic carbocycles. The van der Waals surface area contributed by atoms with Crippen LogP contribution in [-0.2, 0) is 43.4 Å². The molecular weight excluding hydrogens is 386 g/mol. The molecule has 0 radical (unpaired) electrons. The van der Waals surface area contributed by atoms with Crippen LogP contribution >= 0.6 is 0 Å². The number of likely N-dealkylation sites (N-methyl/N-ethyl adjacent to an activating group) is 1. The molecule has 1 N–H and O–H groups in total. The van der Waals surface area contributed by atoms with Gasteiger partial charge in [-0.1, -0.05) is 12.1 Å². The minimum atomic E-state index is -2.24. The van der Waals surface area contributed by atoms with Crippen molar-refractivity contribution in [3.8, 4) is 0 Å². The van der Waals surface area contributed by atoms with Gasteiger partial charge in [-0.3, -0.25) is 9.00 Å². The van der Waals surface area contributed by atoms with Crippen molar-refractivity contribution in [1.29, 1.82) is 0 Å². The van der Waals surface area contributed by atoms with E-state index in [2.05, 4.69) is 5.32 Å². The monoisotopic (exact) mass is 396 g/mol. The second kappa shape index (κ2) is 6.88. The van der Waals surface area contributed by atoms with Gasteiger partial charge in [0.15, 0.2) is 0 Å². The summed E-state index contributed by atoms with van der Waals surface area (Å²) in [6, 6.07) is 6.30. The van der Waals surface area contributed by atoms with E-state index in [4.69, 9.17) is 0 Å². The maximum atomic E-state index is 11.0. The number of carbonyl (C=O) groups is 1. The van der Waals surface area contributed by atoms with E-state index in [1.165, 1.54) is 19.2 Å². The van der Waals surface area contributed by atoms with Crippen molar-refractivity contribution < 1.29 is 34.6 Å². The summed E-state index contributed by atoms with van der Waals surface area (Å²) >= 11 is -2.24. The molecule has 15 heavy (non-hydrogen) atoms. The molecule has 0 aliphatic carbocycles. The molecular formula is C9H10NO3SW-. The summed E-state index contributed by atoms with van der Waals surface area (Å²) in [5.41, 5.74) is 0.686. The first-order valence-electron chi connectivity index (χ1n) is 4.02. The van der Waals surface area contributed by atoms with E-state index in [1.807, 2.05) is 0 Å². The summed E-state index contributed by atoms with van der Waals surface area (Å²) in [7, 11) is 1.54. The molecule has 0 bridgehead atoms. The molecule has 1 unspecified atom stereocenters. The summed E-state index contributed by atoms with van der Waals surface area (Å²) in [4.78, 5) is 11.2. The van der Waals surface area contributed by atoms with Gasteiger partial charge >= 0.3 is 0 Å². The van der Waals surface area contributed by atoms with Crippen molar-refractivity contribution in [3.05, 3.63) is 29.8 Å². The molecule has 0 heterocycles.